The quantitative estimate of drug-likeness (QED) is 0.716. The second kappa shape index (κ2) is 5.75. The van der Waals surface area contributed by atoms with Gasteiger partial charge < -0.3 is 9.47 Å². The minimum atomic E-state index is -0.526. The van der Waals surface area contributed by atoms with Crippen molar-refractivity contribution in [2.45, 2.75) is 44.8 Å². The second-order valence-electron chi connectivity index (χ2n) is 4.10. The van der Waals surface area contributed by atoms with Gasteiger partial charge in [-0.2, -0.15) is 0 Å². The molecule has 1 fully saturated rings. The second-order valence-corrected chi connectivity index (χ2v) is 4.99. The summed E-state index contributed by atoms with van der Waals surface area (Å²) >= 11 is 1.62. The van der Waals surface area contributed by atoms with Crippen LogP contribution < -0.4 is 0 Å². The number of unbranched alkanes of at least 4 members (excludes halogenated alkanes) is 3. The maximum absolute atomic E-state index is 5.79. The Hall–Kier alpha value is -0.450. The first kappa shape index (κ1) is 12.0. The average molecular weight is 241 g/mol. The van der Waals surface area contributed by atoms with Gasteiger partial charge in [0.15, 0.2) is 5.01 Å². The molecule has 0 radical (unpaired) electrons. The van der Waals surface area contributed by atoms with Crippen LogP contribution >= 0.6 is 11.3 Å². The molecule has 3 nitrogen and oxygen atoms in total. The van der Waals surface area contributed by atoms with Crippen LogP contribution in [0.1, 0.15) is 44.0 Å². The van der Waals surface area contributed by atoms with Gasteiger partial charge in [-0.15, -0.1) is 11.3 Å². The molecular formula is C12H19NO2S. The third-order valence-corrected chi connectivity index (χ3v) is 3.77. The molecule has 1 aliphatic rings. The van der Waals surface area contributed by atoms with E-state index in [9.17, 15) is 0 Å². The molecule has 4 heteroatoms. The van der Waals surface area contributed by atoms with E-state index in [-0.39, 0.29) is 0 Å². The van der Waals surface area contributed by atoms with Crippen molar-refractivity contribution in [3.63, 3.8) is 0 Å². The van der Waals surface area contributed by atoms with E-state index < -0.39 is 5.79 Å². The average Bonchev–Trinajstić information content (AvgIpc) is 2.95. The van der Waals surface area contributed by atoms with Gasteiger partial charge in [-0.3, -0.25) is 0 Å². The molecule has 0 atom stereocenters. The summed E-state index contributed by atoms with van der Waals surface area (Å²) in [5.74, 6) is -0.526. The predicted octanol–water partition coefficient (Wildman–Crippen LogP) is 3.31. The molecule has 0 N–H and O–H groups in total. The van der Waals surface area contributed by atoms with E-state index in [2.05, 4.69) is 11.9 Å². The van der Waals surface area contributed by atoms with Crippen molar-refractivity contribution in [3.05, 3.63) is 16.6 Å². The molecule has 1 aromatic rings. The van der Waals surface area contributed by atoms with E-state index in [1.54, 1.807) is 11.3 Å². The molecule has 0 aliphatic carbocycles. The summed E-state index contributed by atoms with van der Waals surface area (Å²) in [6.45, 7) is 3.60. The van der Waals surface area contributed by atoms with Crippen molar-refractivity contribution < 1.29 is 9.47 Å². The van der Waals surface area contributed by atoms with Crippen LogP contribution in [0.2, 0.25) is 0 Å². The lowest BCUT2D eigenvalue weighted by molar-refractivity contribution is -0.171. The number of hydrogen-bond donors (Lipinski definition) is 0. The third-order valence-electron chi connectivity index (χ3n) is 2.87. The van der Waals surface area contributed by atoms with Gasteiger partial charge in [-0.25, -0.2) is 4.98 Å². The van der Waals surface area contributed by atoms with Crippen LogP contribution in [0.15, 0.2) is 11.6 Å². The number of ether oxygens (including phenoxy) is 2. The number of rotatable bonds is 6. The Bertz CT molecular complexity index is 294. The molecular weight excluding hydrogens is 222 g/mol. The summed E-state index contributed by atoms with van der Waals surface area (Å²) in [5.41, 5.74) is 0. The molecule has 90 valence electrons. The van der Waals surface area contributed by atoms with Gasteiger partial charge >= 0.3 is 0 Å². The van der Waals surface area contributed by atoms with E-state index in [1.165, 1.54) is 19.3 Å². The molecule has 1 saturated heterocycles. The Balaban J connectivity index is 1.94. The highest BCUT2D eigenvalue weighted by Crippen LogP contribution is 2.37. The summed E-state index contributed by atoms with van der Waals surface area (Å²) in [6, 6.07) is 0. The molecule has 0 amide bonds. The van der Waals surface area contributed by atoms with Crippen LogP contribution in [0, 0.1) is 0 Å². The van der Waals surface area contributed by atoms with Crippen molar-refractivity contribution in [3.8, 4) is 0 Å². The van der Waals surface area contributed by atoms with Crippen molar-refractivity contribution in [1.29, 1.82) is 0 Å². The summed E-state index contributed by atoms with van der Waals surface area (Å²) in [5, 5.41) is 2.95. The SMILES string of the molecule is CCCCCCC1(c2nccs2)OCCO1. The molecule has 0 aromatic carbocycles. The van der Waals surface area contributed by atoms with Gasteiger partial charge in [0, 0.05) is 18.0 Å². The van der Waals surface area contributed by atoms with Crippen molar-refractivity contribution in [2.75, 3.05) is 13.2 Å². The Morgan fingerprint density at radius 3 is 2.75 bits per heavy atom. The molecule has 1 aromatic heterocycles. The van der Waals surface area contributed by atoms with Gasteiger partial charge in [0.25, 0.3) is 0 Å². The zero-order valence-corrected chi connectivity index (χ0v) is 10.6. The van der Waals surface area contributed by atoms with E-state index in [0.29, 0.717) is 13.2 Å². The van der Waals surface area contributed by atoms with Gasteiger partial charge in [-0.05, 0) is 6.42 Å². The molecule has 0 unspecified atom stereocenters. The lowest BCUT2D eigenvalue weighted by Gasteiger charge is -2.24. The van der Waals surface area contributed by atoms with Gasteiger partial charge in [-0.1, -0.05) is 26.2 Å². The van der Waals surface area contributed by atoms with E-state index in [1.807, 2.05) is 11.6 Å². The summed E-state index contributed by atoms with van der Waals surface area (Å²) in [7, 11) is 0. The third kappa shape index (κ3) is 2.62. The van der Waals surface area contributed by atoms with E-state index in [4.69, 9.17) is 9.47 Å². The highest BCUT2D eigenvalue weighted by molar-refractivity contribution is 7.09. The molecule has 0 saturated carbocycles. The van der Waals surface area contributed by atoms with E-state index >= 15 is 0 Å². The standard InChI is InChI=1S/C12H19NO2S/c1-2-3-4-5-6-12(14-8-9-15-12)11-13-7-10-16-11/h7,10H,2-6,8-9H2,1H3. The van der Waals surface area contributed by atoms with Gasteiger partial charge in [0.2, 0.25) is 5.79 Å². The minimum Gasteiger partial charge on any atom is -0.342 e. The number of nitrogens with zero attached hydrogens (tertiary/aromatic N) is 1. The number of aromatic nitrogens is 1. The van der Waals surface area contributed by atoms with Crippen molar-refractivity contribution in [1.82, 2.24) is 4.98 Å². The Morgan fingerprint density at radius 2 is 2.12 bits per heavy atom. The first-order valence-corrected chi connectivity index (χ1v) is 6.93. The fourth-order valence-electron chi connectivity index (χ4n) is 2.03. The molecule has 2 heterocycles. The number of hydrogen-bond acceptors (Lipinski definition) is 4. The highest BCUT2D eigenvalue weighted by Gasteiger charge is 2.40. The zero-order valence-electron chi connectivity index (χ0n) is 9.78. The van der Waals surface area contributed by atoms with Gasteiger partial charge in [0.1, 0.15) is 0 Å². The maximum Gasteiger partial charge on any atom is 0.222 e. The lowest BCUT2D eigenvalue weighted by atomic mass is 10.1. The van der Waals surface area contributed by atoms with Crippen LogP contribution in [-0.4, -0.2) is 18.2 Å². The van der Waals surface area contributed by atoms with Crippen LogP contribution in [0.4, 0.5) is 0 Å². The molecule has 0 spiro atoms. The maximum atomic E-state index is 5.79. The van der Waals surface area contributed by atoms with Crippen LogP contribution in [0.25, 0.3) is 0 Å². The summed E-state index contributed by atoms with van der Waals surface area (Å²) in [6.07, 6.45) is 7.68. The first-order chi connectivity index (χ1) is 7.87. The minimum absolute atomic E-state index is 0.526. The lowest BCUT2D eigenvalue weighted by Crippen LogP contribution is -2.26. The number of thiazole rings is 1. The van der Waals surface area contributed by atoms with Crippen LogP contribution in [0.3, 0.4) is 0 Å². The van der Waals surface area contributed by atoms with Crippen molar-refractivity contribution >= 4 is 11.3 Å². The van der Waals surface area contributed by atoms with Crippen LogP contribution in [0.5, 0.6) is 0 Å². The van der Waals surface area contributed by atoms with Crippen molar-refractivity contribution in [2.24, 2.45) is 0 Å². The highest BCUT2D eigenvalue weighted by atomic mass is 32.1. The monoisotopic (exact) mass is 241 g/mol. The topological polar surface area (TPSA) is 31.4 Å². The largest absolute Gasteiger partial charge is 0.342 e. The fourth-order valence-corrected chi connectivity index (χ4v) is 2.80. The molecule has 2 rings (SSSR count). The fraction of sp³-hybridized carbons (Fsp3) is 0.750. The Morgan fingerprint density at radius 1 is 1.31 bits per heavy atom. The van der Waals surface area contributed by atoms with Gasteiger partial charge in [0.05, 0.1) is 13.2 Å². The molecule has 16 heavy (non-hydrogen) atoms. The molecule has 1 aliphatic heterocycles. The summed E-state index contributed by atoms with van der Waals surface area (Å²) < 4.78 is 11.6. The Kier molecular flexibility index (Phi) is 4.32. The predicted molar refractivity (Wildman–Crippen MR) is 64.5 cm³/mol. The summed E-state index contributed by atoms with van der Waals surface area (Å²) in [4.78, 5) is 4.34. The zero-order chi connectivity index (χ0) is 11.3. The normalized spacial score (nSPS) is 19.1. The Labute approximate surface area is 101 Å². The van der Waals surface area contributed by atoms with Crippen LogP contribution in [-0.2, 0) is 15.3 Å². The first-order valence-electron chi connectivity index (χ1n) is 6.05. The molecule has 0 bridgehead atoms. The smallest absolute Gasteiger partial charge is 0.222 e. The van der Waals surface area contributed by atoms with E-state index in [0.717, 1.165) is 17.8 Å².